The third kappa shape index (κ3) is 2.64. The summed E-state index contributed by atoms with van der Waals surface area (Å²) in [5.41, 5.74) is 1.16. The lowest BCUT2D eigenvalue weighted by Crippen LogP contribution is -2.36. The molecule has 1 aromatic heterocycles. The number of carbonyl (C=O) groups is 1. The molecule has 2 heterocycles. The van der Waals surface area contributed by atoms with Crippen LogP contribution in [0.4, 0.5) is 5.00 Å². The number of nitrogens with zero attached hydrogens (tertiary/aromatic N) is 1. The molecule has 1 fully saturated rings. The van der Waals surface area contributed by atoms with Crippen molar-refractivity contribution >= 4 is 32.3 Å². The molecule has 1 aromatic rings. The number of nitrogens with one attached hydrogen (secondary N) is 2. The van der Waals surface area contributed by atoms with Crippen molar-refractivity contribution in [1.82, 2.24) is 9.69 Å². The van der Waals surface area contributed by atoms with E-state index in [4.69, 9.17) is 0 Å². The molecule has 100 valence electrons. The summed E-state index contributed by atoms with van der Waals surface area (Å²) in [5, 5.41) is 6.38. The molecule has 8 heteroatoms. The zero-order chi connectivity index (χ0) is 13.3. The molecule has 18 heavy (non-hydrogen) atoms. The molecule has 1 saturated heterocycles. The third-order valence-corrected chi connectivity index (χ3v) is 5.61. The summed E-state index contributed by atoms with van der Waals surface area (Å²) in [4.78, 5) is 12.1. The van der Waals surface area contributed by atoms with Crippen LogP contribution in [0.3, 0.4) is 0 Å². The van der Waals surface area contributed by atoms with Gasteiger partial charge in [-0.25, -0.2) is 8.42 Å². The highest BCUT2D eigenvalue weighted by molar-refractivity contribution is 7.91. The minimum absolute atomic E-state index is 0.0320. The number of anilines is 1. The van der Waals surface area contributed by atoms with E-state index in [2.05, 4.69) is 15.0 Å². The average Bonchev–Trinajstić information content (AvgIpc) is 2.81. The van der Waals surface area contributed by atoms with Gasteiger partial charge in [0.2, 0.25) is 0 Å². The van der Waals surface area contributed by atoms with Crippen molar-refractivity contribution < 1.29 is 13.2 Å². The zero-order valence-corrected chi connectivity index (χ0v) is 11.8. The van der Waals surface area contributed by atoms with E-state index < -0.39 is 9.84 Å². The highest BCUT2D eigenvalue weighted by Gasteiger charge is 2.30. The molecule has 1 unspecified atom stereocenters. The summed E-state index contributed by atoms with van der Waals surface area (Å²) in [6.45, 7) is 1.76. The van der Waals surface area contributed by atoms with Gasteiger partial charge in [0, 0.05) is 13.1 Å². The summed E-state index contributed by atoms with van der Waals surface area (Å²) >= 11 is 1.22. The van der Waals surface area contributed by atoms with Crippen molar-refractivity contribution in [3.05, 3.63) is 11.3 Å². The van der Waals surface area contributed by atoms with Gasteiger partial charge < -0.3 is 10.6 Å². The first kappa shape index (κ1) is 13.3. The van der Waals surface area contributed by atoms with Gasteiger partial charge in [-0.15, -0.1) is 0 Å². The number of aromatic nitrogens is 1. The summed E-state index contributed by atoms with van der Waals surface area (Å²) in [5.74, 6) is -0.0743. The Bertz CT molecular complexity index is 565. The Hall–Kier alpha value is -1.15. The van der Waals surface area contributed by atoms with E-state index in [1.54, 1.807) is 14.0 Å². The fraction of sp³-hybridized carbons (Fsp3) is 0.600. The molecule has 0 aromatic carbocycles. The Morgan fingerprint density at radius 3 is 2.78 bits per heavy atom. The van der Waals surface area contributed by atoms with Crippen molar-refractivity contribution in [3.8, 4) is 0 Å². The van der Waals surface area contributed by atoms with Gasteiger partial charge >= 0.3 is 0 Å². The summed E-state index contributed by atoms with van der Waals surface area (Å²) in [6.07, 6.45) is 0.486. The van der Waals surface area contributed by atoms with E-state index in [9.17, 15) is 13.2 Å². The van der Waals surface area contributed by atoms with Crippen molar-refractivity contribution in [2.45, 2.75) is 19.4 Å². The van der Waals surface area contributed by atoms with Crippen LogP contribution in [0.15, 0.2) is 0 Å². The van der Waals surface area contributed by atoms with Gasteiger partial charge in [0.15, 0.2) is 9.84 Å². The maximum atomic E-state index is 12.1. The lowest BCUT2D eigenvalue weighted by Gasteiger charge is -2.11. The maximum Gasteiger partial charge on any atom is 0.256 e. The van der Waals surface area contributed by atoms with Crippen LogP contribution in [0.25, 0.3) is 0 Å². The SMILES string of the molecule is CNc1snc(C)c1C(=O)NC1CCS(=O)(=O)C1. The molecule has 1 atom stereocenters. The van der Waals surface area contributed by atoms with Gasteiger partial charge in [-0.05, 0) is 24.9 Å². The second-order valence-corrected chi connectivity index (χ2v) is 7.30. The second kappa shape index (κ2) is 4.85. The molecular formula is C10H15N3O3S2. The van der Waals surface area contributed by atoms with Crippen LogP contribution in [-0.4, -0.2) is 43.3 Å². The van der Waals surface area contributed by atoms with E-state index in [0.717, 1.165) is 0 Å². The number of carbonyl (C=O) groups excluding carboxylic acids is 1. The molecule has 1 aliphatic heterocycles. The van der Waals surface area contributed by atoms with Crippen LogP contribution in [0, 0.1) is 6.92 Å². The zero-order valence-electron chi connectivity index (χ0n) is 10.2. The Labute approximate surface area is 110 Å². The van der Waals surface area contributed by atoms with Gasteiger partial charge in [-0.2, -0.15) is 4.37 Å². The first-order valence-electron chi connectivity index (χ1n) is 5.58. The Morgan fingerprint density at radius 2 is 2.22 bits per heavy atom. The lowest BCUT2D eigenvalue weighted by molar-refractivity contribution is 0.0941. The molecule has 2 rings (SSSR count). The number of aryl methyl sites for hydroxylation is 1. The lowest BCUT2D eigenvalue weighted by atomic mass is 10.2. The monoisotopic (exact) mass is 289 g/mol. The molecule has 6 nitrogen and oxygen atoms in total. The molecule has 1 aliphatic rings. The fourth-order valence-electron chi connectivity index (χ4n) is 1.97. The van der Waals surface area contributed by atoms with Crippen molar-refractivity contribution in [2.24, 2.45) is 0 Å². The second-order valence-electron chi connectivity index (χ2n) is 4.30. The molecule has 2 N–H and O–H groups in total. The normalized spacial score (nSPS) is 21.8. The van der Waals surface area contributed by atoms with Gasteiger partial charge in [0.1, 0.15) is 5.00 Å². The van der Waals surface area contributed by atoms with Crippen LogP contribution in [0.2, 0.25) is 0 Å². The van der Waals surface area contributed by atoms with Crippen LogP contribution < -0.4 is 10.6 Å². The van der Waals surface area contributed by atoms with Crippen LogP contribution in [0.5, 0.6) is 0 Å². The quantitative estimate of drug-likeness (QED) is 0.841. The molecule has 0 bridgehead atoms. The van der Waals surface area contributed by atoms with Crippen LogP contribution >= 0.6 is 11.5 Å². The Morgan fingerprint density at radius 1 is 1.50 bits per heavy atom. The van der Waals surface area contributed by atoms with Gasteiger partial charge in [0.25, 0.3) is 5.91 Å². The smallest absolute Gasteiger partial charge is 0.256 e. The first-order valence-corrected chi connectivity index (χ1v) is 8.18. The molecule has 0 aliphatic carbocycles. The van der Waals surface area contributed by atoms with Crippen LogP contribution in [-0.2, 0) is 9.84 Å². The van der Waals surface area contributed by atoms with Crippen LogP contribution in [0.1, 0.15) is 22.5 Å². The number of hydrogen-bond acceptors (Lipinski definition) is 6. The van der Waals surface area contributed by atoms with Crippen molar-refractivity contribution in [2.75, 3.05) is 23.9 Å². The molecular weight excluding hydrogens is 274 g/mol. The minimum atomic E-state index is -2.98. The number of rotatable bonds is 3. The van der Waals surface area contributed by atoms with Crippen molar-refractivity contribution in [3.63, 3.8) is 0 Å². The minimum Gasteiger partial charge on any atom is -0.378 e. The summed E-state index contributed by atoms with van der Waals surface area (Å²) < 4.78 is 26.8. The van der Waals surface area contributed by atoms with E-state index in [1.807, 2.05) is 0 Å². The fourth-order valence-corrected chi connectivity index (χ4v) is 4.39. The predicted molar refractivity (Wildman–Crippen MR) is 70.9 cm³/mol. The van der Waals surface area contributed by atoms with E-state index >= 15 is 0 Å². The largest absolute Gasteiger partial charge is 0.378 e. The highest BCUT2D eigenvalue weighted by Crippen LogP contribution is 2.24. The van der Waals surface area contributed by atoms with Gasteiger partial charge in [0.05, 0.1) is 22.8 Å². The standard InChI is InChI=1S/C10H15N3O3S2/c1-6-8(10(11-2)17-13-6)9(14)12-7-3-4-18(15,16)5-7/h7,11H,3-5H2,1-2H3,(H,12,14). The molecule has 0 spiro atoms. The van der Waals surface area contributed by atoms with Gasteiger partial charge in [-0.3, -0.25) is 4.79 Å². The van der Waals surface area contributed by atoms with Crippen molar-refractivity contribution in [1.29, 1.82) is 0 Å². The Kier molecular flexibility index (Phi) is 3.58. The van der Waals surface area contributed by atoms with E-state index in [1.165, 1.54) is 11.5 Å². The molecule has 0 saturated carbocycles. The van der Waals surface area contributed by atoms with E-state index in [-0.39, 0.29) is 23.5 Å². The van der Waals surface area contributed by atoms with E-state index in [0.29, 0.717) is 22.7 Å². The third-order valence-electron chi connectivity index (χ3n) is 2.88. The molecule has 1 amide bonds. The average molecular weight is 289 g/mol. The topological polar surface area (TPSA) is 88.2 Å². The first-order chi connectivity index (χ1) is 8.43. The Balaban J connectivity index is 2.11. The summed E-state index contributed by atoms with van der Waals surface area (Å²) in [6, 6.07) is -0.286. The number of hydrogen-bond donors (Lipinski definition) is 2. The number of amides is 1. The highest BCUT2D eigenvalue weighted by atomic mass is 32.2. The maximum absolute atomic E-state index is 12.1. The molecule has 0 radical (unpaired) electrons. The number of sulfone groups is 1. The summed E-state index contributed by atoms with van der Waals surface area (Å²) in [7, 11) is -1.25. The predicted octanol–water partition coefficient (Wildman–Crippen LogP) is 0.410. The van der Waals surface area contributed by atoms with Gasteiger partial charge in [-0.1, -0.05) is 0 Å².